The molecule has 0 unspecified atom stereocenters. The average Bonchev–Trinajstić information content (AvgIpc) is 2.86. The first kappa shape index (κ1) is 20.6. The maximum absolute atomic E-state index is 11.9. The SMILES string of the molecule is Cc1nn(-c2ccc(S(N)(=O)=O)cc2)c(C)c1CCC(=O)N[C@H](C)C(=O)O. The van der Waals surface area contributed by atoms with E-state index < -0.39 is 22.0 Å². The predicted octanol–water partition coefficient (Wildman–Crippen LogP) is 0.658. The summed E-state index contributed by atoms with van der Waals surface area (Å²) in [6, 6.07) is 5.07. The fraction of sp³-hybridized carbons (Fsp3) is 0.353. The zero-order chi connectivity index (χ0) is 20.4. The van der Waals surface area contributed by atoms with Gasteiger partial charge in [0.25, 0.3) is 0 Å². The lowest BCUT2D eigenvalue weighted by atomic mass is 10.1. The van der Waals surface area contributed by atoms with Crippen molar-refractivity contribution in [1.82, 2.24) is 15.1 Å². The van der Waals surface area contributed by atoms with Gasteiger partial charge in [0, 0.05) is 12.1 Å². The Labute approximate surface area is 157 Å². The van der Waals surface area contributed by atoms with Crippen LogP contribution < -0.4 is 10.5 Å². The summed E-state index contributed by atoms with van der Waals surface area (Å²) < 4.78 is 24.4. The summed E-state index contributed by atoms with van der Waals surface area (Å²) in [5, 5.41) is 20.8. The van der Waals surface area contributed by atoms with E-state index in [4.69, 9.17) is 10.2 Å². The molecule has 1 amide bonds. The number of hydrogen-bond donors (Lipinski definition) is 3. The lowest BCUT2D eigenvalue weighted by Gasteiger charge is -2.09. The van der Waals surface area contributed by atoms with Crippen LogP contribution in [0.4, 0.5) is 0 Å². The summed E-state index contributed by atoms with van der Waals surface area (Å²) in [6.07, 6.45) is 0.542. The van der Waals surface area contributed by atoms with Gasteiger partial charge in [-0.1, -0.05) is 0 Å². The van der Waals surface area contributed by atoms with Crippen LogP contribution in [0.1, 0.15) is 30.3 Å². The minimum atomic E-state index is -3.77. The number of carboxylic acid groups (broad SMARTS) is 1. The van der Waals surface area contributed by atoms with Crippen molar-refractivity contribution in [3.63, 3.8) is 0 Å². The van der Waals surface area contributed by atoms with Gasteiger partial charge in [-0.2, -0.15) is 5.10 Å². The van der Waals surface area contributed by atoms with Gasteiger partial charge in [-0.3, -0.25) is 9.59 Å². The van der Waals surface area contributed by atoms with Gasteiger partial charge < -0.3 is 10.4 Å². The zero-order valence-electron chi connectivity index (χ0n) is 15.3. The van der Waals surface area contributed by atoms with Gasteiger partial charge in [0.05, 0.1) is 16.3 Å². The molecule has 0 aliphatic heterocycles. The second kappa shape index (κ2) is 7.89. The second-order valence-electron chi connectivity index (χ2n) is 6.23. The summed E-state index contributed by atoms with van der Waals surface area (Å²) in [4.78, 5) is 22.7. The topological polar surface area (TPSA) is 144 Å². The highest BCUT2D eigenvalue weighted by molar-refractivity contribution is 7.89. The van der Waals surface area contributed by atoms with E-state index in [1.54, 1.807) is 16.8 Å². The molecule has 0 saturated carbocycles. The van der Waals surface area contributed by atoms with E-state index in [1.165, 1.54) is 19.1 Å². The lowest BCUT2D eigenvalue weighted by molar-refractivity contribution is -0.141. The van der Waals surface area contributed by atoms with Crippen molar-refractivity contribution in [2.45, 2.75) is 44.6 Å². The third kappa shape index (κ3) is 4.92. The molecule has 27 heavy (non-hydrogen) atoms. The van der Waals surface area contributed by atoms with Crippen LogP contribution in [0.2, 0.25) is 0 Å². The number of carbonyl (C=O) groups excluding carboxylic acids is 1. The maximum atomic E-state index is 11.9. The van der Waals surface area contributed by atoms with Crippen molar-refractivity contribution in [1.29, 1.82) is 0 Å². The van der Waals surface area contributed by atoms with Gasteiger partial charge in [-0.05, 0) is 57.0 Å². The van der Waals surface area contributed by atoms with Crippen LogP contribution in [0, 0.1) is 13.8 Å². The number of benzene rings is 1. The third-order valence-corrected chi connectivity index (χ3v) is 5.13. The van der Waals surface area contributed by atoms with Crippen LogP contribution in [-0.4, -0.2) is 41.2 Å². The maximum Gasteiger partial charge on any atom is 0.325 e. The molecule has 4 N–H and O–H groups in total. The van der Waals surface area contributed by atoms with Gasteiger partial charge >= 0.3 is 5.97 Å². The quantitative estimate of drug-likeness (QED) is 0.629. The van der Waals surface area contributed by atoms with Crippen molar-refractivity contribution in [2.24, 2.45) is 5.14 Å². The van der Waals surface area contributed by atoms with Crippen molar-refractivity contribution < 1.29 is 23.1 Å². The first-order valence-corrected chi connectivity index (χ1v) is 9.76. The number of primary sulfonamides is 1. The Morgan fingerprint density at radius 1 is 1.26 bits per heavy atom. The van der Waals surface area contributed by atoms with Crippen LogP contribution in [0.3, 0.4) is 0 Å². The number of amides is 1. The van der Waals surface area contributed by atoms with E-state index in [9.17, 15) is 18.0 Å². The van der Waals surface area contributed by atoms with Crippen molar-refractivity contribution >= 4 is 21.9 Å². The third-order valence-electron chi connectivity index (χ3n) is 4.20. The molecule has 10 heteroatoms. The summed E-state index contributed by atoms with van der Waals surface area (Å²) in [5.74, 6) is -1.44. The normalized spacial score (nSPS) is 12.6. The number of carboxylic acids is 1. The summed E-state index contributed by atoms with van der Waals surface area (Å²) in [7, 11) is -3.77. The summed E-state index contributed by atoms with van der Waals surface area (Å²) in [6.45, 7) is 5.07. The molecule has 2 rings (SSSR count). The number of rotatable bonds is 7. The number of nitrogens with zero attached hydrogens (tertiary/aromatic N) is 2. The van der Waals surface area contributed by atoms with E-state index in [2.05, 4.69) is 10.4 Å². The Kier molecular flexibility index (Phi) is 6.01. The van der Waals surface area contributed by atoms with Gasteiger partial charge in [-0.25, -0.2) is 18.2 Å². The molecule has 2 aromatic rings. The molecule has 0 fully saturated rings. The van der Waals surface area contributed by atoms with Crippen molar-refractivity contribution in [3.8, 4) is 5.69 Å². The zero-order valence-corrected chi connectivity index (χ0v) is 16.1. The average molecular weight is 394 g/mol. The van der Waals surface area contributed by atoms with Gasteiger partial charge in [0.15, 0.2) is 0 Å². The molecule has 0 spiro atoms. The van der Waals surface area contributed by atoms with E-state index in [0.717, 1.165) is 17.0 Å². The Balaban J connectivity index is 2.17. The number of hydrogen-bond acceptors (Lipinski definition) is 5. The van der Waals surface area contributed by atoms with Crippen LogP contribution in [0.15, 0.2) is 29.2 Å². The minimum Gasteiger partial charge on any atom is -0.480 e. The molecular weight excluding hydrogens is 372 g/mol. The smallest absolute Gasteiger partial charge is 0.325 e. The molecule has 0 saturated heterocycles. The molecule has 1 aromatic heterocycles. The Bertz CT molecular complexity index is 964. The molecule has 0 bridgehead atoms. The Hall–Kier alpha value is -2.72. The highest BCUT2D eigenvalue weighted by Gasteiger charge is 2.17. The molecule has 1 aromatic carbocycles. The molecule has 9 nitrogen and oxygen atoms in total. The number of nitrogens with one attached hydrogen (secondary N) is 1. The number of sulfonamides is 1. The van der Waals surface area contributed by atoms with Gasteiger partial charge in [0.2, 0.25) is 15.9 Å². The Morgan fingerprint density at radius 3 is 2.37 bits per heavy atom. The molecule has 146 valence electrons. The van der Waals surface area contributed by atoms with Gasteiger partial charge in [-0.15, -0.1) is 0 Å². The number of carbonyl (C=O) groups is 2. The fourth-order valence-electron chi connectivity index (χ4n) is 2.68. The number of nitrogens with two attached hydrogens (primary N) is 1. The summed E-state index contributed by atoms with van der Waals surface area (Å²) in [5.41, 5.74) is 3.10. The highest BCUT2D eigenvalue weighted by atomic mass is 32.2. The highest BCUT2D eigenvalue weighted by Crippen LogP contribution is 2.20. The fourth-order valence-corrected chi connectivity index (χ4v) is 3.19. The van der Waals surface area contributed by atoms with E-state index in [0.29, 0.717) is 12.1 Å². The van der Waals surface area contributed by atoms with Crippen LogP contribution in [0.5, 0.6) is 0 Å². The van der Waals surface area contributed by atoms with E-state index >= 15 is 0 Å². The molecular formula is C17H22N4O5S. The van der Waals surface area contributed by atoms with Crippen molar-refractivity contribution in [3.05, 3.63) is 41.2 Å². The number of aromatic nitrogens is 2. The summed E-state index contributed by atoms with van der Waals surface area (Å²) >= 11 is 0. The molecule has 1 atom stereocenters. The largest absolute Gasteiger partial charge is 0.480 e. The molecule has 0 radical (unpaired) electrons. The minimum absolute atomic E-state index is 0.0113. The van der Waals surface area contributed by atoms with E-state index in [-0.39, 0.29) is 17.2 Å². The molecule has 0 aliphatic rings. The number of aliphatic carboxylic acids is 1. The van der Waals surface area contributed by atoms with E-state index in [1.807, 2.05) is 13.8 Å². The van der Waals surface area contributed by atoms with Crippen LogP contribution in [0.25, 0.3) is 5.69 Å². The first-order valence-electron chi connectivity index (χ1n) is 8.21. The van der Waals surface area contributed by atoms with Crippen LogP contribution >= 0.6 is 0 Å². The molecule has 1 heterocycles. The standard InChI is InChI=1S/C17H22N4O5S/c1-10-15(8-9-16(22)19-11(2)17(23)24)12(3)21(20-10)13-4-6-14(7-5-13)27(18,25)26/h4-7,11H,8-9H2,1-3H3,(H,19,22)(H,23,24)(H2,18,25,26)/t11-/m1/s1. The Morgan fingerprint density at radius 2 is 1.85 bits per heavy atom. The second-order valence-corrected chi connectivity index (χ2v) is 7.79. The first-order chi connectivity index (χ1) is 12.5. The predicted molar refractivity (Wildman–Crippen MR) is 98.0 cm³/mol. The molecule has 0 aliphatic carbocycles. The number of aryl methyl sites for hydroxylation is 1. The monoisotopic (exact) mass is 394 g/mol. The van der Waals surface area contributed by atoms with Crippen molar-refractivity contribution in [2.75, 3.05) is 0 Å². The van der Waals surface area contributed by atoms with Gasteiger partial charge in [0.1, 0.15) is 6.04 Å². The van der Waals surface area contributed by atoms with Crippen LogP contribution in [-0.2, 0) is 26.0 Å². The lowest BCUT2D eigenvalue weighted by Crippen LogP contribution is -2.38.